The van der Waals surface area contributed by atoms with Gasteiger partial charge in [0.05, 0.1) is 0 Å². The Hall–Kier alpha value is -2.21. The monoisotopic (exact) mass is 356 g/mol. The molecule has 1 aliphatic rings. The number of hydrogen-bond donors (Lipinski definition) is 0. The predicted octanol–water partition coefficient (Wildman–Crippen LogP) is 7.11. The molecule has 2 heteroatoms. The number of rotatable bonds is 2. The van der Waals surface area contributed by atoms with Gasteiger partial charge in [-0.05, 0) is 50.7 Å². The summed E-state index contributed by atoms with van der Waals surface area (Å²) >= 11 is 0. The maximum atomic E-state index is 6.17. The SMILES string of the molecule is CCOP1Cc2ccc3ccccc3c2-c2c(ccc3ccccc23)C1. The van der Waals surface area contributed by atoms with E-state index >= 15 is 0 Å². The summed E-state index contributed by atoms with van der Waals surface area (Å²) in [5, 5.41) is 5.34. The third-order valence-electron chi connectivity index (χ3n) is 5.29. The molecule has 0 atom stereocenters. The van der Waals surface area contributed by atoms with E-state index in [-0.39, 0.29) is 0 Å². The van der Waals surface area contributed by atoms with E-state index in [2.05, 4.69) is 79.7 Å². The van der Waals surface area contributed by atoms with Crippen molar-refractivity contribution >= 4 is 29.7 Å². The third-order valence-corrected chi connectivity index (χ3v) is 7.30. The van der Waals surface area contributed by atoms with Gasteiger partial charge in [0, 0.05) is 27.1 Å². The average molecular weight is 356 g/mol. The Morgan fingerprint density at radius 1 is 0.692 bits per heavy atom. The number of fused-ring (bicyclic) bond motifs is 7. The zero-order valence-electron chi connectivity index (χ0n) is 14.9. The largest absolute Gasteiger partial charge is 0.359 e. The molecule has 1 heterocycles. The average Bonchev–Trinajstić information content (AvgIpc) is 2.84. The molecule has 0 saturated carbocycles. The molecule has 1 aliphatic heterocycles. The van der Waals surface area contributed by atoms with Crippen molar-refractivity contribution in [2.75, 3.05) is 6.61 Å². The molecule has 0 bridgehead atoms. The zero-order valence-corrected chi connectivity index (χ0v) is 15.8. The Kier molecular flexibility index (Phi) is 4.00. The van der Waals surface area contributed by atoms with Gasteiger partial charge in [-0.25, -0.2) is 0 Å². The van der Waals surface area contributed by atoms with Gasteiger partial charge in [-0.3, -0.25) is 0 Å². The van der Waals surface area contributed by atoms with Gasteiger partial charge < -0.3 is 4.52 Å². The summed E-state index contributed by atoms with van der Waals surface area (Å²) in [5.41, 5.74) is 5.69. The van der Waals surface area contributed by atoms with Crippen molar-refractivity contribution in [1.29, 1.82) is 0 Å². The second kappa shape index (κ2) is 6.50. The lowest BCUT2D eigenvalue weighted by Gasteiger charge is -2.15. The van der Waals surface area contributed by atoms with Crippen LogP contribution in [0.5, 0.6) is 0 Å². The first kappa shape index (κ1) is 16.0. The van der Waals surface area contributed by atoms with Crippen LogP contribution in [0.4, 0.5) is 0 Å². The molecule has 0 N–H and O–H groups in total. The van der Waals surface area contributed by atoms with Gasteiger partial charge in [-0.2, -0.15) is 0 Å². The first-order valence-electron chi connectivity index (χ1n) is 9.24. The molecule has 0 spiro atoms. The van der Waals surface area contributed by atoms with Gasteiger partial charge in [0.1, 0.15) is 0 Å². The van der Waals surface area contributed by atoms with Crippen molar-refractivity contribution in [3.8, 4) is 11.1 Å². The zero-order chi connectivity index (χ0) is 17.5. The molecule has 128 valence electrons. The Balaban J connectivity index is 1.91. The second-order valence-electron chi connectivity index (χ2n) is 6.86. The third kappa shape index (κ3) is 2.55. The second-order valence-corrected chi connectivity index (χ2v) is 8.71. The molecule has 4 aromatic rings. The van der Waals surface area contributed by atoms with Crippen molar-refractivity contribution in [3.63, 3.8) is 0 Å². The van der Waals surface area contributed by atoms with Gasteiger partial charge in [0.2, 0.25) is 0 Å². The summed E-state index contributed by atoms with van der Waals surface area (Å²) in [6.45, 7) is 2.90. The van der Waals surface area contributed by atoms with Gasteiger partial charge in [-0.1, -0.05) is 72.8 Å². The normalized spacial score (nSPS) is 14.2. The molecular formula is C24H21OP. The van der Waals surface area contributed by atoms with Gasteiger partial charge in [-0.15, -0.1) is 0 Å². The molecule has 0 radical (unpaired) electrons. The van der Waals surface area contributed by atoms with Crippen LogP contribution in [0, 0.1) is 0 Å². The summed E-state index contributed by atoms with van der Waals surface area (Å²) in [7, 11) is -0.482. The Morgan fingerprint density at radius 2 is 1.19 bits per heavy atom. The molecule has 0 fully saturated rings. The van der Waals surface area contributed by atoms with Crippen LogP contribution < -0.4 is 0 Å². The van der Waals surface area contributed by atoms with Crippen molar-refractivity contribution in [2.45, 2.75) is 19.2 Å². The predicted molar refractivity (Wildman–Crippen MR) is 113 cm³/mol. The number of hydrogen-bond acceptors (Lipinski definition) is 1. The van der Waals surface area contributed by atoms with E-state index in [4.69, 9.17) is 4.52 Å². The fourth-order valence-corrected chi connectivity index (χ4v) is 6.14. The molecule has 0 saturated heterocycles. The molecule has 5 rings (SSSR count). The van der Waals surface area contributed by atoms with Crippen molar-refractivity contribution < 1.29 is 4.52 Å². The molecule has 1 nitrogen and oxygen atoms in total. The first-order valence-corrected chi connectivity index (χ1v) is 10.9. The van der Waals surface area contributed by atoms with Crippen molar-refractivity contribution in [3.05, 3.63) is 83.9 Å². The molecule has 0 unspecified atom stereocenters. The quantitative estimate of drug-likeness (QED) is 0.348. The van der Waals surface area contributed by atoms with E-state index < -0.39 is 8.15 Å². The summed E-state index contributed by atoms with van der Waals surface area (Å²) in [4.78, 5) is 0. The summed E-state index contributed by atoms with van der Waals surface area (Å²) in [6, 6.07) is 26.7. The molecule has 4 aromatic carbocycles. The summed E-state index contributed by atoms with van der Waals surface area (Å²) in [6.07, 6.45) is 2.07. The van der Waals surface area contributed by atoms with Gasteiger partial charge >= 0.3 is 0 Å². The fourth-order valence-electron chi connectivity index (χ4n) is 4.20. The molecular weight excluding hydrogens is 335 g/mol. The van der Waals surface area contributed by atoms with Crippen LogP contribution in [0.2, 0.25) is 0 Å². The summed E-state index contributed by atoms with van der Waals surface area (Å²) in [5.74, 6) is 0. The Morgan fingerprint density at radius 3 is 1.69 bits per heavy atom. The highest BCUT2D eigenvalue weighted by molar-refractivity contribution is 7.50. The molecule has 0 amide bonds. The van der Waals surface area contributed by atoms with Crippen LogP contribution in [0.15, 0.2) is 72.8 Å². The van der Waals surface area contributed by atoms with Crippen LogP contribution in [0.3, 0.4) is 0 Å². The highest BCUT2D eigenvalue weighted by atomic mass is 31.1. The molecule has 0 aromatic heterocycles. The summed E-state index contributed by atoms with van der Waals surface area (Å²) < 4.78 is 6.17. The highest BCUT2D eigenvalue weighted by Gasteiger charge is 2.24. The van der Waals surface area contributed by atoms with Crippen LogP contribution >= 0.6 is 8.15 Å². The van der Waals surface area contributed by atoms with E-state index in [1.165, 1.54) is 43.8 Å². The molecule has 26 heavy (non-hydrogen) atoms. The van der Waals surface area contributed by atoms with Crippen molar-refractivity contribution in [1.82, 2.24) is 0 Å². The van der Waals surface area contributed by atoms with Gasteiger partial charge in [0.15, 0.2) is 0 Å². The number of benzene rings is 4. The lowest BCUT2D eigenvalue weighted by molar-refractivity contribution is 0.376. The minimum atomic E-state index is -0.482. The maximum absolute atomic E-state index is 6.17. The minimum absolute atomic E-state index is 0.482. The van der Waals surface area contributed by atoms with E-state index in [9.17, 15) is 0 Å². The van der Waals surface area contributed by atoms with E-state index in [0.29, 0.717) is 0 Å². The fraction of sp³-hybridized carbons (Fsp3) is 0.167. The van der Waals surface area contributed by atoms with E-state index in [1.807, 2.05) is 0 Å². The van der Waals surface area contributed by atoms with Crippen LogP contribution in [-0.4, -0.2) is 6.61 Å². The van der Waals surface area contributed by atoms with Crippen LogP contribution in [-0.2, 0) is 16.8 Å². The Labute approximate surface area is 155 Å². The van der Waals surface area contributed by atoms with Crippen LogP contribution in [0.25, 0.3) is 32.7 Å². The molecule has 0 aliphatic carbocycles. The lowest BCUT2D eigenvalue weighted by Crippen LogP contribution is -1.92. The topological polar surface area (TPSA) is 9.23 Å². The standard InChI is InChI=1S/C24H21OP/c1-2-25-26-15-19-13-11-17-7-3-5-9-21(17)23(19)24-20(16-26)14-12-18-8-4-6-10-22(18)24/h3-14H,2,15-16H2,1H3. The maximum Gasteiger partial charge on any atom is 0.0480 e. The minimum Gasteiger partial charge on any atom is -0.359 e. The Bertz CT molecular complexity index is 1030. The lowest BCUT2D eigenvalue weighted by atomic mass is 9.88. The van der Waals surface area contributed by atoms with Gasteiger partial charge in [0.25, 0.3) is 0 Å². The van der Waals surface area contributed by atoms with Crippen molar-refractivity contribution in [2.24, 2.45) is 0 Å². The highest BCUT2D eigenvalue weighted by Crippen LogP contribution is 2.53. The van der Waals surface area contributed by atoms with E-state index in [0.717, 1.165) is 18.9 Å². The first-order chi connectivity index (χ1) is 12.8. The van der Waals surface area contributed by atoms with Crippen LogP contribution in [0.1, 0.15) is 18.1 Å². The smallest absolute Gasteiger partial charge is 0.0480 e. The van der Waals surface area contributed by atoms with E-state index in [1.54, 1.807) is 0 Å².